The molecule has 1 atom stereocenters. The Morgan fingerprint density at radius 2 is 2.10 bits per heavy atom. The lowest BCUT2D eigenvalue weighted by Gasteiger charge is -2.21. The van der Waals surface area contributed by atoms with Crippen molar-refractivity contribution in [1.29, 1.82) is 0 Å². The zero-order valence-electron chi connectivity index (χ0n) is 11.9. The number of carbonyl (C=O) groups is 2. The number of amides is 1. The number of benzene rings is 1. The van der Waals surface area contributed by atoms with E-state index in [2.05, 4.69) is 5.32 Å². The molecule has 1 N–H and O–H groups in total. The molecule has 2 rings (SSSR count). The Hall–Kier alpha value is -2.04. The van der Waals surface area contributed by atoms with E-state index in [1.807, 2.05) is 12.1 Å². The number of anilines is 1. The maximum atomic E-state index is 12.1. The average molecular weight is 277 g/mol. The first-order chi connectivity index (χ1) is 9.35. The molecule has 1 amide bonds. The van der Waals surface area contributed by atoms with Crippen LogP contribution in [0.4, 0.5) is 5.69 Å². The Balaban J connectivity index is 2.02. The third kappa shape index (κ3) is 3.73. The summed E-state index contributed by atoms with van der Waals surface area (Å²) in [7, 11) is 0. The van der Waals surface area contributed by atoms with E-state index in [0.717, 1.165) is 0 Å². The van der Waals surface area contributed by atoms with E-state index in [9.17, 15) is 9.59 Å². The number of para-hydroxylation sites is 2. The minimum atomic E-state index is -0.553. The predicted molar refractivity (Wildman–Crippen MR) is 74.5 cm³/mol. The summed E-state index contributed by atoms with van der Waals surface area (Å²) in [5.41, 5.74) is 0.0754. The quantitative estimate of drug-likeness (QED) is 0.843. The topological polar surface area (TPSA) is 64.6 Å². The lowest BCUT2D eigenvalue weighted by Crippen LogP contribution is -2.31. The Kier molecular flexibility index (Phi) is 3.97. The van der Waals surface area contributed by atoms with Crippen LogP contribution in [-0.2, 0) is 14.3 Å². The van der Waals surface area contributed by atoms with Crippen LogP contribution in [-0.4, -0.2) is 24.1 Å². The Bertz CT molecular complexity index is 519. The van der Waals surface area contributed by atoms with Crippen molar-refractivity contribution in [2.45, 2.75) is 32.8 Å². The van der Waals surface area contributed by atoms with Crippen molar-refractivity contribution in [3.05, 3.63) is 24.3 Å². The summed E-state index contributed by atoms with van der Waals surface area (Å²) in [6, 6.07) is 7.20. The smallest absolute Gasteiger partial charge is 0.307 e. The fourth-order valence-electron chi connectivity index (χ4n) is 1.93. The molecular formula is C15H19NO4. The van der Waals surface area contributed by atoms with Gasteiger partial charge in [0.05, 0.1) is 18.0 Å². The van der Waals surface area contributed by atoms with E-state index in [-0.39, 0.29) is 18.9 Å². The lowest BCUT2D eigenvalue weighted by molar-refractivity contribution is -0.157. The normalized spacial score (nSPS) is 18.4. The third-order valence-corrected chi connectivity index (χ3v) is 2.79. The first kappa shape index (κ1) is 14.4. The fraction of sp³-hybridized carbons (Fsp3) is 0.467. The number of nitrogens with one attached hydrogen (secondary N) is 1. The summed E-state index contributed by atoms with van der Waals surface area (Å²) < 4.78 is 10.8. The molecule has 108 valence electrons. The summed E-state index contributed by atoms with van der Waals surface area (Å²) in [4.78, 5) is 23.9. The van der Waals surface area contributed by atoms with Gasteiger partial charge in [-0.15, -0.1) is 0 Å². The standard InChI is InChI=1S/C15H19NO4/c1-15(2,3)20-13(17)8-10-9-19-12-7-5-4-6-11(12)16-14(10)18/h4-7,10H,8-9H2,1-3H3,(H,16,18)/t10-/m0/s1. The maximum absolute atomic E-state index is 12.1. The summed E-state index contributed by atoms with van der Waals surface area (Å²) >= 11 is 0. The monoisotopic (exact) mass is 277 g/mol. The molecule has 0 bridgehead atoms. The molecule has 1 aromatic rings. The molecule has 0 spiro atoms. The first-order valence-corrected chi connectivity index (χ1v) is 6.60. The molecule has 20 heavy (non-hydrogen) atoms. The number of hydrogen-bond acceptors (Lipinski definition) is 4. The number of carbonyl (C=O) groups excluding carboxylic acids is 2. The van der Waals surface area contributed by atoms with Gasteiger partial charge in [-0.2, -0.15) is 0 Å². The van der Waals surface area contributed by atoms with Gasteiger partial charge >= 0.3 is 5.97 Å². The Labute approximate surface area is 118 Å². The summed E-state index contributed by atoms with van der Waals surface area (Å²) in [5, 5.41) is 2.77. The third-order valence-electron chi connectivity index (χ3n) is 2.79. The predicted octanol–water partition coefficient (Wildman–Crippen LogP) is 2.37. The second-order valence-electron chi connectivity index (χ2n) is 5.78. The highest BCUT2D eigenvalue weighted by Gasteiger charge is 2.29. The molecule has 0 radical (unpaired) electrons. The zero-order valence-corrected chi connectivity index (χ0v) is 11.9. The van der Waals surface area contributed by atoms with Crippen molar-refractivity contribution in [3.63, 3.8) is 0 Å². The second-order valence-corrected chi connectivity index (χ2v) is 5.78. The van der Waals surface area contributed by atoms with E-state index in [1.54, 1.807) is 32.9 Å². The molecule has 0 unspecified atom stereocenters. The summed E-state index contributed by atoms with van der Waals surface area (Å²) in [6.07, 6.45) is 0.0110. The van der Waals surface area contributed by atoms with Gasteiger partial charge in [0, 0.05) is 0 Å². The fourth-order valence-corrected chi connectivity index (χ4v) is 1.93. The van der Waals surface area contributed by atoms with E-state index in [4.69, 9.17) is 9.47 Å². The van der Waals surface area contributed by atoms with Crippen LogP contribution in [0.25, 0.3) is 0 Å². The molecule has 1 aromatic carbocycles. The molecule has 1 aliphatic rings. The molecule has 1 aliphatic heterocycles. The lowest BCUT2D eigenvalue weighted by atomic mass is 10.1. The largest absolute Gasteiger partial charge is 0.491 e. The van der Waals surface area contributed by atoms with Crippen LogP contribution in [0.3, 0.4) is 0 Å². The van der Waals surface area contributed by atoms with Crippen molar-refractivity contribution in [3.8, 4) is 5.75 Å². The summed E-state index contributed by atoms with van der Waals surface area (Å²) in [5.74, 6) is -0.544. The van der Waals surface area contributed by atoms with E-state index < -0.39 is 17.5 Å². The minimum absolute atomic E-state index is 0.0110. The van der Waals surface area contributed by atoms with Crippen molar-refractivity contribution < 1.29 is 19.1 Å². The molecule has 0 aliphatic carbocycles. The molecule has 0 saturated heterocycles. The molecule has 5 heteroatoms. The van der Waals surface area contributed by atoms with Gasteiger partial charge in [-0.3, -0.25) is 9.59 Å². The van der Waals surface area contributed by atoms with Crippen LogP contribution in [0.2, 0.25) is 0 Å². The Morgan fingerprint density at radius 3 is 2.80 bits per heavy atom. The second kappa shape index (κ2) is 5.53. The average Bonchev–Trinajstić information content (AvgIpc) is 2.47. The van der Waals surface area contributed by atoms with Gasteiger partial charge < -0.3 is 14.8 Å². The van der Waals surface area contributed by atoms with Gasteiger partial charge in [0.15, 0.2) is 0 Å². The molecular weight excluding hydrogens is 258 g/mol. The van der Waals surface area contributed by atoms with Crippen molar-refractivity contribution in [1.82, 2.24) is 0 Å². The molecule has 1 heterocycles. The van der Waals surface area contributed by atoms with Crippen LogP contribution >= 0.6 is 0 Å². The SMILES string of the molecule is CC(C)(C)OC(=O)C[C@H]1COc2ccccc2NC1=O. The van der Waals surface area contributed by atoms with Gasteiger partial charge in [0.1, 0.15) is 18.0 Å². The van der Waals surface area contributed by atoms with Crippen molar-refractivity contribution in [2.24, 2.45) is 5.92 Å². The van der Waals surface area contributed by atoms with Crippen LogP contribution in [0, 0.1) is 5.92 Å². The highest BCUT2D eigenvalue weighted by molar-refractivity contribution is 5.96. The van der Waals surface area contributed by atoms with Crippen molar-refractivity contribution in [2.75, 3.05) is 11.9 Å². The van der Waals surface area contributed by atoms with Crippen LogP contribution < -0.4 is 10.1 Å². The maximum Gasteiger partial charge on any atom is 0.307 e. The zero-order chi connectivity index (χ0) is 14.8. The van der Waals surface area contributed by atoms with Crippen molar-refractivity contribution >= 4 is 17.6 Å². The van der Waals surface area contributed by atoms with Crippen LogP contribution in [0.5, 0.6) is 5.75 Å². The number of rotatable bonds is 2. The van der Waals surface area contributed by atoms with E-state index >= 15 is 0 Å². The molecule has 0 aromatic heterocycles. The van der Waals surface area contributed by atoms with Crippen LogP contribution in [0.15, 0.2) is 24.3 Å². The first-order valence-electron chi connectivity index (χ1n) is 6.60. The number of hydrogen-bond donors (Lipinski definition) is 1. The van der Waals surface area contributed by atoms with Gasteiger partial charge in [-0.05, 0) is 32.9 Å². The summed E-state index contributed by atoms with van der Waals surface area (Å²) in [6.45, 7) is 5.56. The van der Waals surface area contributed by atoms with E-state index in [0.29, 0.717) is 11.4 Å². The Morgan fingerprint density at radius 1 is 1.40 bits per heavy atom. The van der Waals surface area contributed by atoms with Crippen LogP contribution in [0.1, 0.15) is 27.2 Å². The van der Waals surface area contributed by atoms with Gasteiger partial charge in [-0.25, -0.2) is 0 Å². The van der Waals surface area contributed by atoms with E-state index in [1.165, 1.54) is 0 Å². The van der Waals surface area contributed by atoms with Gasteiger partial charge in [-0.1, -0.05) is 12.1 Å². The number of esters is 1. The van der Waals surface area contributed by atoms with Gasteiger partial charge in [0.2, 0.25) is 5.91 Å². The number of fused-ring (bicyclic) bond motifs is 1. The molecule has 0 fully saturated rings. The number of ether oxygens (including phenoxy) is 2. The van der Waals surface area contributed by atoms with Gasteiger partial charge in [0.25, 0.3) is 0 Å². The minimum Gasteiger partial charge on any atom is -0.491 e. The molecule has 0 saturated carbocycles. The highest BCUT2D eigenvalue weighted by Crippen LogP contribution is 2.28. The molecule has 5 nitrogen and oxygen atoms in total. The highest BCUT2D eigenvalue weighted by atomic mass is 16.6.